The summed E-state index contributed by atoms with van der Waals surface area (Å²) in [5.41, 5.74) is -1.49. The number of aliphatic hydroxyl groups is 2. The zero-order chi connectivity index (χ0) is 18.0. The predicted octanol–water partition coefficient (Wildman–Crippen LogP) is 0.698. The monoisotopic (exact) mass is 374 g/mol. The molecule has 0 saturated carbocycles. The highest BCUT2D eigenvalue weighted by Crippen LogP contribution is 2.42. The topological polar surface area (TPSA) is 139 Å². The molecule has 0 aromatic rings. The summed E-state index contributed by atoms with van der Waals surface area (Å²) < 4.78 is 33.1. The van der Waals surface area contributed by atoms with Crippen LogP contribution in [0.2, 0.25) is 0 Å². The van der Waals surface area contributed by atoms with E-state index in [-0.39, 0.29) is 12.3 Å². The molecule has 2 unspecified atom stereocenters. The number of hydrogen-bond acceptors (Lipinski definition) is 8. The smallest absolute Gasteiger partial charge is 0.135 e. The second kappa shape index (κ2) is 11.0. The van der Waals surface area contributed by atoms with Gasteiger partial charge in [0.05, 0.1) is 31.8 Å². The van der Waals surface area contributed by atoms with E-state index in [0.29, 0.717) is 25.7 Å². The molecular weight excluding hydrogens is 346 g/mol. The average molecular weight is 374 g/mol. The van der Waals surface area contributed by atoms with E-state index in [1.165, 1.54) is 0 Å². The van der Waals surface area contributed by atoms with Crippen molar-refractivity contribution in [2.45, 2.75) is 39.5 Å². The highest BCUT2D eigenvalue weighted by atomic mass is 31.2. The first kappa shape index (κ1) is 23.2. The molecular formula is C13H28O8P2-2. The van der Waals surface area contributed by atoms with Crippen molar-refractivity contribution >= 4 is 15.2 Å². The lowest BCUT2D eigenvalue weighted by Crippen LogP contribution is -2.40. The fourth-order valence-corrected chi connectivity index (χ4v) is 4.18. The van der Waals surface area contributed by atoms with Crippen LogP contribution in [-0.4, -0.2) is 49.0 Å². The summed E-state index contributed by atoms with van der Waals surface area (Å²) >= 11 is 0. The van der Waals surface area contributed by atoms with Gasteiger partial charge in [0.25, 0.3) is 0 Å². The van der Waals surface area contributed by atoms with Crippen molar-refractivity contribution < 1.29 is 38.2 Å². The van der Waals surface area contributed by atoms with E-state index in [4.69, 9.17) is 9.05 Å². The Kier molecular flexibility index (Phi) is 11.1. The summed E-state index contributed by atoms with van der Waals surface area (Å²) in [7, 11) is -8.18. The third-order valence-electron chi connectivity index (χ3n) is 3.38. The van der Waals surface area contributed by atoms with Gasteiger partial charge in [-0.25, -0.2) is 0 Å². The number of unbranched alkanes of at least 4 members (excludes halogenated alkanes) is 2. The lowest BCUT2D eigenvalue weighted by molar-refractivity contribution is -0.207. The first-order chi connectivity index (χ1) is 10.7. The molecule has 2 atom stereocenters. The Balaban J connectivity index is 4.67. The maximum atomic E-state index is 11.7. The van der Waals surface area contributed by atoms with Gasteiger partial charge in [0.2, 0.25) is 0 Å². The van der Waals surface area contributed by atoms with Crippen LogP contribution in [0.1, 0.15) is 39.5 Å². The van der Waals surface area contributed by atoms with Gasteiger partial charge in [0.15, 0.2) is 0 Å². The molecule has 0 fully saturated rings. The SMILES string of the molecule is CCCCP(=O)([O-])OCC(CO)(CO)COP(=O)([O-])CCCC. The molecule has 0 aliphatic heterocycles. The molecule has 23 heavy (non-hydrogen) atoms. The third kappa shape index (κ3) is 9.95. The van der Waals surface area contributed by atoms with Gasteiger partial charge in [-0.1, -0.05) is 26.7 Å². The zero-order valence-electron chi connectivity index (χ0n) is 13.8. The molecule has 0 aromatic carbocycles. The Morgan fingerprint density at radius 2 is 1.22 bits per heavy atom. The van der Waals surface area contributed by atoms with E-state index in [9.17, 15) is 29.1 Å². The van der Waals surface area contributed by atoms with Crippen LogP contribution < -0.4 is 9.79 Å². The molecule has 2 N–H and O–H groups in total. The summed E-state index contributed by atoms with van der Waals surface area (Å²) in [4.78, 5) is 23.4. The molecule has 0 saturated heterocycles. The highest BCUT2D eigenvalue weighted by molar-refractivity contribution is 7.51. The van der Waals surface area contributed by atoms with Crippen LogP contribution in [0.15, 0.2) is 0 Å². The van der Waals surface area contributed by atoms with Crippen molar-refractivity contribution in [3.8, 4) is 0 Å². The van der Waals surface area contributed by atoms with Crippen molar-refractivity contribution in [2.24, 2.45) is 5.41 Å². The van der Waals surface area contributed by atoms with Gasteiger partial charge in [-0.15, -0.1) is 0 Å². The summed E-state index contributed by atoms with van der Waals surface area (Å²) in [6, 6.07) is 0. The van der Waals surface area contributed by atoms with Crippen LogP contribution in [0.5, 0.6) is 0 Å². The van der Waals surface area contributed by atoms with E-state index in [1.807, 2.05) is 13.8 Å². The standard InChI is InChI=1S/C13H30O8P2/c1-3-5-7-22(16,17)20-11-13(9-14,10-15)12-21-23(18,19)8-6-4-2/h14-15H,3-12H2,1-2H3,(H,16,17)(H,18,19)/p-2. The van der Waals surface area contributed by atoms with E-state index in [0.717, 1.165) is 0 Å². The van der Waals surface area contributed by atoms with E-state index < -0.39 is 47.0 Å². The van der Waals surface area contributed by atoms with Crippen LogP contribution in [-0.2, 0) is 18.2 Å². The quantitative estimate of drug-likeness (QED) is 0.424. The van der Waals surface area contributed by atoms with Crippen LogP contribution in [0.3, 0.4) is 0 Å². The number of aliphatic hydroxyl groups excluding tert-OH is 2. The normalized spacial score (nSPS) is 17.7. The van der Waals surface area contributed by atoms with E-state index >= 15 is 0 Å². The van der Waals surface area contributed by atoms with Gasteiger partial charge in [0, 0.05) is 12.3 Å². The van der Waals surface area contributed by atoms with Crippen molar-refractivity contribution in [3.63, 3.8) is 0 Å². The molecule has 0 amide bonds. The molecule has 0 aromatic heterocycles. The lowest BCUT2D eigenvalue weighted by Gasteiger charge is -2.35. The largest absolute Gasteiger partial charge is 0.778 e. The maximum absolute atomic E-state index is 11.7. The highest BCUT2D eigenvalue weighted by Gasteiger charge is 2.32. The molecule has 0 rings (SSSR count). The molecule has 0 radical (unpaired) electrons. The summed E-state index contributed by atoms with van der Waals surface area (Å²) in [6.45, 7) is 1.29. The minimum Gasteiger partial charge on any atom is -0.778 e. The minimum absolute atomic E-state index is 0.145. The Labute approximate surface area is 137 Å². The molecule has 0 aliphatic rings. The van der Waals surface area contributed by atoms with Gasteiger partial charge in [0.1, 0.15) is 15.2 Å². The van der Waals surface area contributed by atoms with Gasteiger partial charge in [-0.05, 0) is 12.8 Å². The maximum Gasteiger partial charge on any atom is 0.135 e. The Morgan fingerprint density at radius 1 is 0.870 bits per heavy atom. The van der Waals surface area contributed by atoms with E-state index in [2.05, 4.69) is 0 Å². The zero-order valence-corrected chi connectivity index (χ0v) is 15.6. The summed E-state index contributed by atoms with van der Waals surface area (Å²) in [5.74, 6) is 0. The first-order valence-corrected chi connectivity index (χ1v) is 11.2. The third-order valence-corrected chi connectivity index (χ3v) is 6.15. The molecule has 10 heteroatoms. The first-order valence-electron chi connectivity index (χ1n) is 7.77. The Morgan fingerprint density at radius 3 is 1.48 bits per heavy atom. The second-order valence-electron chi connectivity index (χ2n) is 5.74. The molecule has 140 valence electrons. The van der Waals surface area contributed by atoms with Gasteiger partial charge in [-0.3, -0.25) is 0 Å². The second-order valence-corrected chi connectivity index (χ2v) is 9.59. The van der Waals surface area contributed by atoms with Crippen molar-refractivity contribution in [1.29, 1.82) is 0 Å². The van der Waals surface area contributed by atoms with Crippen LogP contribution in [0, 0.1) is 5.41 Å². The van der Waals surface area contributed by atoms with Gasteiger partial charge in [-0.2, -0.15) is 0 Å². The van der Waals surface area contributed by atoms with E-state index in [1.54, 1.807) is 0 Å². The minimum atomic E-state index is -4.09. The van der Waals surface area contributed by atoms with Crippen molar-refractivity contribution in [3.05, 3.63) is 0 Å². The summed E-state index contributed by atoms with van der Waals surface area (Å²) in [6.07, 6.45) is 1.95. The molecule has 8 nitrogen and oxygen atoms in total. The lowest BCUT2D eigenvalue weighted by atomic mass is 9.93. The van der Waals surface area contributed by atoms with Crippen molar-refractivity contribution in [1.82, 2.24) is 0 Å². The Hall–Kier alpha value is 0.220. The summed E-state index contributed by atoms with van der Waals surface area (Å²) in [5, 5.41) is 18.8. The fourth-order valence-electron chi connectivity index (χ4n) is 1.58. The van der Waals surface area contributed by atoms with Gasteiger partial charge < -0.3 is 38.2 Å². The molecule has 0 spiro atoms. The molecule has 0 heterocycles. The van der Waals surface area contributed by atoms with Crippen LogP contribution in [0.25, 0.3) is 0 Å². The predicted molar refractivity (Wildman–Crippen MR) is 83.3 cm³/mol. The fraction of sp³-hybridized carbons (Fsp3) is 1.00. The number of hydrogen-bond donors (Lipinski definition) is 2. The molecule has 0 bridgehead atoms. The van der Waals surface area contributed by atoms with Gasteiger partial charge >= 0.3 is 0 Å². The Bertz CT molecular complexity index is 377. The van der Waals surface area contributed by atoms with Crippen LogP contribution in [0.4, 0.5) is 0 Å². The van der Waals surface area contributed by atoms with Crippen molar-refractivity contribution in [2.75, 3.05) is 38.8 Å². The molecule has 0 aliphatic carbocycles. The average Bonchev–Trinajstić information content (AvgIpc) is 2.52. The number of rotatable bonds is 14. The van der Waals surface area contributed by atoms with Crippen LogP contribution >= 0.6 is 15.2 Å².